The SMILES string of the molecule is O=C(c1ncn([C@H]2CCCC[C@@H]2O)c1-c1ccccc1)N1CCNC[C@H]1Cc1ccc(C(O)C(F)(F)F)cc1. The summed E-state index contributed by atoms with van der Waals surface area (Å²) in [6.45, 7) is 1.60. The van der Waals surface area contributed by atoms with Crippen molar-refractivity contribution in [2.45, 2.75) is 62.6 Å². The van der Waals surface area contributed by atoms with Crippen LogP contribution in [0, 0.1) is 0 Å². The van der Waals surface area contributed by atoms with Gasteiger partial charge in [0.15, 0.2) is 11.8 Å². The average Bonchev–Trinajstić information content (AvgIpc) is 3.38. The summed E-state index contributed by atoms with van der Waals surface area (Å²) in [6, 6.07) is 14.9. The Morgan fingerprint density at radius 1 is 1.08 bits per heavy atom. The molecule has 5 rings (SSSR count). The van der Waals surface area contributed by atoms with Crippen LogP contribution < -0.4 is 5.32 Å². The molecule has 1 unspecified atom stereocenters. The van der Waals surface area contributed by atoms with E-state index < -0.39 is 18.4 Å². The molecule has 1 aliphatic heterocycles. The van der Waals surface area contributed by atoms with Crippen LogP contribution in [0.4, 0.5) is 13.2 Å². The van der Waals surface area contributed by atoms with Crippen LogP contribution in [-0.2, 0) is 6.42 Å². The number of rotatable bonds is 6. The van der Waals surface area contributed by atoms with Crippen molar-refractivity contribution in [1.82, 2.24) is 19.8 Å². The molecule has 3 aromatic rings. The Morgan fingerprint density at radius 2 is 1.79 bits per heavy atom. The van der Waals surface area contributed by atoms with E-state index in [1.165, 1.54) is 12.1 Å². The van der Waals surface area contributed by atoms with Crippen molar-refractivity contribution in [3.63, 3.8) is 0 Å². The zero-order valence-corrected chi connectivity index (χ0v) is 21.5. The van der Waals surface area contributed by atoms with Crippen molar-refractivity contribution in [2.24, 2.45) is 0 Å². The highest BCUT2D eigenvalue weighted by Gasteiger charge is 2.39. The number of hydrogen-bond acceptors (Lipinski definition) is 5. The highest BCUT2D eigenvalue weighted by atomic mass is 19.4. The molecule has 7 nitrogen and oxygen atoms in total. The van der Waals surface area contributed by atoms with Gasteiger partial charge in [0.05, 0.1) is 24.2 Å². The van der Waals surface area contributed by atoms with Crippen molar-refractivity contribution < 1.29 is 28.2 Å². The molecular formula is C29H33F3N4O3. The fourth-order valence-corrected chi connectivity index (χ4v) is 5.71. The first-order chi connectivity index (χ1) is 18.7. The van der Waals surface area contributed by atoms with Crippen LogP contribution in [-0.4, -0.2) is 68.5 Å². The predicted octanol–water partition coefficient (Wildman–Crippen LogP) is 4.28. The van der Waals surface area contributed by atoms with Gasteiger partial charge in [-0.15, -0.1) is 0 Å². The third-order valence-corrected chi connectivity index (χ3v) is 7.78. The topological polar surface area (TPSA) is 90.6 Å². The number of hydrogen-bond donors (Lipinski definition) is 3. The number of alkyl halides is 3. The number of benzene rings is 2. The molecule has 39 heavy (non-hydrogen) atoms. The molecule has 1 aromatic heterocycles. The molecule has 208 valence electrons. The summed E-state index contributed by atoms with van der Waals surface area (Å²) in [5, 5.41) is 23.6. The van der Waals surface area contributed by atoms with E-state index >= 15 is 0 Å². The van der Waals surface area contributed by atoms with E-state index in [1.54, 1.807) is 23.4 Å². The first kappa shape index (κ1) is 27.4. The molecule has 1 saturated heterocycles. The lowest BCUT2D eigenvalue weighted by molar-refractivity contribution is -0.206. The van der Waals surface area contributed by atoms with Gasteiger partial charge in [0.2, 0.25) is 0 Å². The summed E-state index contributed by atoms with van der Waals surface area (Å²) in [5.74, 6) is -0.214. The fraction of sp³-hybridized carbons (Fsp3) is 0.448. The quantitative estimate of drug-likeness (QED) is 0.433. The number of nitrogens with one attached hydrogen (secondary N) is 1. The molecule has 3 N–H and O–H groups in total. The lowest BCUT2D eigenvalue weighted by Gasteiger charge is -2.36. The molecule has 2 aromatic carbocycles. The monoisotopic (exact) mass is 542 g/mol. The molecular weight excluding hydrogens is 509 g/mol. The van der Waals surface area contributed by atoms with E-state index in [0.717, 1.165) is 30.4 Å². The lowest BCUT2D eigenvalue weighted by Crippen LogP contribution is -2.54. The molecule has 1 aliphatic carbocycles. The number of piperazine rings is 1. The van der Waals surface area contributed by atoms with Crippen LogP contribution in [0.25, 0.3) is 11.3 Å². The van der Waals surface area contributed by atoms with E-state index in [0.29, 0.717) is 43.9 Å². The van der Waals surface area contributed by atoms with Gasteiger partial charge in [0, 0.05) is 31.2 Å². The van der Waals surface area contributed by atoms with Crippen LogP contribution >= 0.6 is 0 Å². The van der Waals surface area contributed by atoms with Gasteiger partial charge in [0.25, 0.3) is 5.91 Å². The highest BCUT2D eigenvalue weighted by molar-refractivity contribution is 5.98. The molecule has 2 fully saturated rings. The molecule has 1 amide bonds. The van der Waals surface area contributed by atoms with Crippen LogP contribution in [0.5, 0.6) is 0 Å². The van der Waals surface area contributed by atoms with E-state index in [2.05, 4.69) is 10.3 Å². The van der Waals surface area contributed by atoms with Gasteiger partial charge < -0.3 is 25.0 Å². The minimum Gasteiger partial charge on any atom is -0.391 e. The number of aliphatic hydroxyl groups is 2. The number of nitrogens with zero attached hydrogens (tertiary/aromatic N) is 3. The van der Waals surface area contributed by atoms with Gasteiger partial charge in [-0.3, -0.25) is 4.79 Å². The number of carbonyl (C=O) groups is 1. The normalized spacial score (nSPS) is 23.0. The Bertz CT molecular complexity index is 1260. The van der Waals surface area contributed by atoms with Crippen LogP contribution in [0.2, 0.25) is 0 Å². The molecule has 2 heterocycles. The molecule has 0 radical (unpaired) electrons. The summed E-state index contributed by atoms with van der Waals surface area (Å²) >= 11 is 0. The second-order valence-electron chi connectivity index (χ2n) is 10.4. The number of aliphatic hydroxyl groups excluding tert-OH is 2. The first-order valence-corrected chi connectivity index (χ1v) is 13.4. The molecule has 2 aliphatic rings. The zero-order valence-electron chi connectivity index (χ0n) is 21.5. The third-order valence-electron chi connectivity index (χ3n) is 7.78. The first-order valence-electron chi connectivity index (χ1n) is 13.4. The molecule has 10 heteroatoms. The summed E-state index contributed by atoms with van der Waals surface area (Å²) in [4.78, 5) is 20.4. The van der Waals surface area contributed by atoms with Gasteiger partial charge in [-0.2, -0.15) is 13.2 Å². The number of imidazole rings is 1. The molecule has 0 bridgehead atoms. The van der Waals surface area contributed by atoms with Crippen LogP contribution in [0.1, 0.15) is 59.4 Å². The molecule has 1 saturated carbocycles. The van der Waals surface area contributed by atoms with Gasteiger partial charge in [-0.05, 0) is 30.4 Å². The van der Waals surface area contributed by atoms with E-state index in [-0.39, 0.29) is 23.6 Å². The van der Waals surface area contributed by atoms with Crippen LogP contribution in [0.15, 0.2) is 60.9 Å². The van der Waals surface area contributed by atoms with Gasteiger partial charge in [-0.1, -0.05) is 67.4 Å². The Kier molecular flexibility index (Phi) is 8.06. The number of halogens is 3. The third kappa shape index (κ3) is 5.88. The maximum absolute atomic E-state index is 14.0. The Hall–Kier alpha value is -3.21. The van der Waals surface area contributed by atoms with Crippen molar-refractivity contribution >= 4 is 5.91 Å². The number of carbonyl (C=O) groups excluding carboxylic acids is 1. The van der Waals surface area contributed by atoms with Crippen LogP contribution in [0.3, 0.4) is 0 Å². The van der Waals surface area contributed by atoms with E-state index in [1.807, 2.05) is 34.9 Å². The van der Waals surface area contributed by atoms with E-state index in [4.69, 9.17) is 0 Å². The Labute approximate surface area is 225 Å². The molecule has 4 atom stereocenters. The van der Waals surface area contributed by atoms with Gasteiger partial charge in [-0.25, -0.2) is 4.98 Å². The Balaban J connectivity index is 1.42. The predicted molar refractivity (Wildman–Crippen MR) is 140 cm³/mol. The van der Waals surface area contributed by atoms with E-state index in [9.17, 15) is 28.2 Å². The fourth-order valence-electron chi connectivity index (χ4n) is 5.71. The minimum absolute atomic E-state index is 0.160. The largest absolute Gasteiger partial charge is 0.418 e. The maximum atomic E-state index is 14.0. The highest BCUT2D eigenvalue weighted by Crippen LogP contribution is 2.35. The second kappa shape index (κ2) is 11.5. The summed E-state index contributed by atoms with van der Waals surface area (Å²) in [6.07, 6.45) is -2.20. The maximum Gasteiger partial charge on any atom is 0.418 e. The second-order valence-corrected chi connectivity index (χ2v) is 10.4. The van der Waals surface area contributed by atoms with Gasteiger partial charge >= 0.3 is 6.18 Å². The average molecular weight is 543 g/mol. The summed E-state index contributed by atoms with van der Waals surface area (Å²) in [7, 11) is 0. The van der Waals surface area contributed by atoms with Crippen molar-refractivity contribution in [3.8, 4) is 11.3 Å². The Morgan fingerprint density at radius 3 is 2.49 bits per heavy atom. The smallest absolute Gasteiger partial charge is 0.391 e. The minimum atomic E-state index is -4.73. The summed E-state index contributed by atoms with van der Waals surface area (Å²) in [5.41, 5.74) is 2.41. The van der Waals surface area contributed by atoms with Crippen molar-refractivity contribution in [3.05, 3.63) is 77.7 Å². The lowest BCUT2D eigenvalue weighted by atomic mass is 9.92. The van der Waals surface area contributed by atoms with Crippen molar-refractivity contribution in [1.29, 1.82) is 0 Å². The van der Waals surface area contributed by atoms with Crippen molar-refractivity contribution in [2.75, 3.05) is 19.6 Å². The number of amides is 1. The summed E-state index contributed by atoms with van der Waals surface area (Å²) < 4.78 is 40.6. The molecule has 0 spiro atoms. The van der Waals surface area contributed by atoms with Gasteiger partial charge in [0.1, 0.15) is 0 Å². The standard InChI is InChI=1S/C29H33F3N4O3/c30-29(31,32)27(38)21-12-10-19(11-13-21)16-22-17-33-14-15-35(22)28(39)25-26(20-6-2-1-3-7-20)36(18-34-25)23-8-4-5-9-24(23)37/h1-3,6-7,10-13,18,22-24,27,33,37-38H,4-5,8-9,14-17H2/t22-,23+,24+,27?/m1/s1. The zero-order chi connectivity index (χ0) is 27.6. The number of aromatic nitrogens is 2.